The van der Waals surface area contributed by atoms with E-state index in [0.29, 0.717) is 18.0 Å². The number of morpholine rings is 1. The number of nitrogens with zero attached hydrogens (tertiary/aromatic N) is 3. The van der Waals surface area contributed by atoms with Crippen molar-refractivity contribution in [2.75, 3.05) is 19.0 Å². The smallest absolute Gasteiger partial charge is 0.0838 e. The van der Waals surface area contributed by atoms with E-state index in [1.807, 2.05) is 10.9 Å². The summed E-state index contributed by atoms with van der Waals surface area (Å²) in [6, 6.07) is 2.93. The fourth-order valence-corrected chi connectivity index (χ4v) is 2.33. The molecular weight excluding hydrogens is 250 g/mol. The minimum absolute atomic E-state index is 0.148. The predicted molar refractivity (Wildman–Crippen MR) is 72.9 cm³/mol. The Kier molecular flexibility index (Phi) is 4.65. The minimum Gasteiger partial charge on any atom is -0.374 e. The molecule has 102 valence electrons. The van der Waals surface area contributed by atoms with E-state index in [-0.39, 0.29) is 6.10 Å². The van der Waals surface area contributed by atoms with Crippen LogP contribution in [0.1, 0.15) is 32.5 Å². The molecule has 0 N–H and O–H groups in total. The van der Waals surface area contributed by atoms with E-state index in [9.17, 15) is 0 Å². The van der Waals surface area contributed by atoms with E-state index < -0.39 is 0 Å². The lowest BCUT2D eigenvalue weighted by molar-refractivity contribution is -0.0515. The zero-order valence-electron chi connectivity index (χ0n) is 11.3. The van der Waals surface area contributed by atoms with Crippen LogP contribution in [-0.4, -0.2) is 45.9 Å². The molecule has 0 saturated carbocycles. The maximum Gasteiger partial charge on any atom is 0.0838 e. The Morgan fingerprint density at radius 3 is 2.94 bits per heavy atom. The van der Waals surface area contributed by atoms with Gasteiger partial charge < -0.3 is 4.74 Å². The molecule has 0 radical (unpaired) electrons. The van der Waals surface area contributed by atoms with Crippen molar-refractivity contribution < 1.29 is 4.74 Å². The van der Waals surface area contributed by atoms with Gasteiger partial charge in [-0.1, -0.05) is 0 Å². The standard InChI is InChI=1S/C13H22ClN3O/c1-10(2)17-5-4-12(15-17)7-16-8-13(6-14)18-9-11(16)3/h4-5,10-11,13H,6-9H2,1-3H3. The van der Waals surface area contributed by atoms with E-state index in [0.717, 1.165) is 25.4 Å². The van der Waals surface area contributed by atoms with Crippen LogP contribution in [0.3, 0.4) is 0 Å². The fraction of sp³-hybridized carbons (Fsp3) is 0.769. The van der Waals surface area contributed by atoms with Crippen LogP contribution in [-0.2, 0) is 11.3 Å². The summed E-state index contributed by atoms with van der Waals surface area (Å²) < 4.78 is 7.65. The molecule has 0 spiro atoms. The van der Waals surface area contributed by atoms with E-state index in [1.54, 1.807) is 0 Å². The molecule has 1 aliphatic rings. The highest BCUT2D eigenvalue weighted by Gasteiger charge is 2.25. The molecule has 1 aromatic heterocycles. The molecule has 2 unspecified atom stereocenters. The van der Waals surface area contributed by atoms with Gasteiger partial charge >= 0.3 is 0 Å². The molecule has 0 aromatic carbocycles. The summed E-state index contributed by atoms with van der Waals surface area (Å²) >= 11 is 5.87. The van der Waals surface area contributed by atoms with Crippen molar-refractivity contribution in [1.29, 1.82) is 0 Å². The van der Waals surface area contributed by atoms with Crippen LogP contribution in [0.4, 0.5) is 0 Å². The number of alkyl halides is 1. The monoisotopic (exact) mass is 271 g/mol. The summed E-state index contributed by atoms with van der Waals surface area (Å²) in [6.45, 7) is 8.97. The Bertz CT molecular complexity index is 380. The summed E-state index contributed by atoms with van der Waals surface area (Å²) in [5, 5.41) is 4.59. The molecule has 5 heteroatoms. The highest BCUT2D eigenvalue weighted by molar-refractivity contribution is 6.18. The maximum absolute atomic E-state index is 5.87. The van der Waals surface area contributed by atoms with Crippen molar-refractivity contribution in [3.8, 4) is 0 Å². The van der Waals surface area contributed by atoms with Gasteiger partial charge in [0.15, 0.2) is 0 Å². The Labute approximate surface area is 114 Å². The van der Waals surface area contributed by atoms with Gasteiger partial charge in [-0.15, -0.1) is 11.6 Å². The average molecular weight is 272 g/mol. The van der Waals surface area contributed by atoms with Crippen LogP contribution >= 0.6 is 11.6 Å². The zero-order valence-corrected chi connectivity index (χ0v) is 12.1. The summed E-state index contributed by atoms with van der Waals surface area (Å²) in [4.78, 5) is 2.39. The molecule has 0 bridgehead atoms. The first-order chi connectivity index (χ1) is 8.60. The third kappa shape index (κ3) is 3.25. The van der Waals surface area contributed by atoms with Gasteiger partial charge in [-0.3, -0.25) is 9.58 Å². The lowest BCUT2D eigenvalue weighted by Gasteiger charge is -2.36. The predicted octanol–water partition coefficient (Wildman–Crippen LogP) is 2.29. The second kappa shape index (κ2) is 6.04. The molecule has 2 atom stereocenters. The zero-order chi connectivity index (χ0) is 13.1. The minimum atomic E-state index is 0.148. The molecule has 2 rings (SSSR count). The van der Waals surface area contributed by atoms with Crippen molar-refractivity contribution in [1.82, 2.24) is 14.7 Å². The summed E-state index contributed by atoms with van der Waals surface area (Å²) in [5.41, 5.74) is 1.12. The van der Waals surface area contributed by atoms with Gasteiger partial charge in [-0.2, -0.15) is 5.10 Å². The molecule has 1 saturated heterocycles. The Morgan fingerprint density at radius 2 is 2.33 bits per heavy atom. The summed E-state index contributed by atoms with van der Waals surface area (Å²) in [6.07, 6.45) is 2.19. The van der Waals surface area contributed by atoms with Gasteiger partial charge in [-0.25, -0.2) is 0 Å². The van der Waals surface area contributed by atoms with Crippen molar-refractivity contribution in [3.63, 3.8) is 0 Å². The van der Waals surface area contributed by atoms with Gasteiger partial charge in [0.2, 0.25) is 0 Å². The highest BCUT2D eigenvalue weighted by atomic mass is 35.5. The SMILES string of the molecule is CC1COC(CCl)CN1Cc1ccn(C(C)C)n1. The van der Waals surface area contributed by atoms with Crippen molar-refractivity contribution >= 4 is 11.6 Å². The molecule has 4 nitrogen and oxygen atoms in total. The van der Waals surface area contributed by atoms with Crippen LogP contribution in [0.2, 0.25) is 0 Å². The van der Waals surface area contributed by atoms with Gasteiger partial charge in [0.25, 0.3) is 0 Å². The highest BCUT2D eigenvalue weighted by Crippen LogP contribution is 2.16. The van der Waals surface area contributed by atoms with E-state index >= 15 is 0 Å². The lowest BCUT2D eigenvalue weighted by Crippen LogP contribution is -2.48. The van der Waals surface area contributed by atoms with Crippen molar-refractivity contribution in [3.05, 3.63) is 18.0 Å². The maximum atomic E-state index is 5.87. The van der Waals surface area contributed by atoms with Gasteiger partial charge in [0.05, 0.1) is 18.4 Å². The molecule has 1 aliphatic heterocycles. The second-order valence-corrected chi connectivity index (χ2v) is 5.58. The lowest BCUT2D eigenvalue weighted by atomic mass is 10.2. The first-order valence-electron chi connectivity index (χ1n) is 6.55. The first-order valence-corrected chi connectivity index (χ1v) is 7.09. The molecule has 18 heavy (non-hydrogen) atoms. The molecular formula is C13H22ClN3O. The Morgan fingerprint density at radius 1 is 1.56 bits per heavy atom. The molecule has 1 aromatic rings. The topological polar surface area (TPSA) is 30.3 Å². The van der Waals surface area contributed by atoms with Gasteiger partial charge in [0, 0.05) is 37.3 Å². The van der Waals surface area contributed by atoms with E-state index in [2.05, 4.69) is 36.8 Å². The largest absolute Gasteiger partial charge is 0.374 e. The van der Waals surface area contributed by atoms with Crippen LogP contribution < -0.4 is 0 Å². The molecule has 0 amide bonds. The number of ether oxygens (including phenoxy) is 1. The Hall–Kier alpha value is -0.580. The number of halogens is 1. The number of hydrogen-bond acceptors (Lipinski definition) is 3. The van der Waals surface area contributed by atoms with E-state index in [4.69, 9.17) is 16.3 Å². The van der Waals surface area contributed by atoms with Gasteiger partial charge in [0.1, 0.15) is 0 Å². The molecule has 1 fully saturated rings. The fourth-order valence-electron chi connectivity index (χ4n) is 2.15. The first kappa shape index (κ1) is 13.8. The molecule has 2 heterocycles. The van der Waals surface area contributed by atoms with Gasteiger partial charge in [-0.05, 0) is 26.8 Å². The Balaban J connectivity index is 1.98. The third-order valence-corrected chi connectivity index (χ3v) is 3.71. The average Bonchev–Trinajstić information content (AvgIpc) is 2.81. The van der Waals surface area contributed by atoms with Crippen LogP contribution in [0, 0.1) is 0 Å². The second-order valence-electron chi connectivity index (χ2n) is 5.27. The summed E-state index contributed by atoms with van der Waals surface area (Å²) in [5.74, 6) is 0.559. The molecule has 0 aliphatic carbocycles. The van der Waals surface area contributed by atoms with Crippen LogP contribution in [0.5, 0.6) is 0 Å². The van der Waals surface area contributed by atoms with Crippen molar-refractivity contribution in [2.24, 2.45) is 0 Å². The number of aromatic nitrogens is 2. The number of rotatable bonds is 4. The van der Waals surface area contributed by atoms with Crippen LogP contribution in [0.15, 0.2) is 12.3 Å². The van der Waals surface area contributed by atoms with E-state index in [1.165, 1.54) is 0 Å². The normalized spacial score (nSPS) is 25.8. The van der Waals surface area contributed by atoms with Crippen LogP contribution in [0.25, 0.3) is 0 Å². The number of hydrogen-bond donors (Lipinski definition) is 0. The summed E-state index contributed by atoms with van der Waals surface area (Å²) in [7, 11) is 0. The third-order valence-electron chi connectivity index (χ3n) is 3.36. The van der Waals surface area contributed by atoms with Crippen molar-refractivity contribution in [2.45, 2.75) is 45.5 Å². The quantitative estimate of drug-likeness (QED) is 0.787.